The van der Waals surface area contributed by atoms with Gasteiger partial charge in [0.25, 0.3) is 10.0 Å². The first-order valence-electron chi connectivity index (χ1n) is 6.99. The lowest BCUT2D eigenvalue weighted by Crippen LogP contribution is -2.16. The molecule has 0 aliphatic heterocycles. The minimum absolute atomic E-state index is 0.196. The van der Waals surface area contributed by atoms with Crippen LogP contribution in [-0.4, -0.2) is 18.4 Å². The van der Waals surface area contributed by atoms with Crippen LogP contribution in [0.4, 0.5) is 4.39 Å². The van der Waals surface area contributed by atoms with Crippen molar-refractivity contribution < 1.29 is 12.8 Å². The molecule has 24 heavy (non-hydrogen) atoms. The van der Waals surface area contributed by atoms with Crippen molar-refractivity contribution in [2.24, 2.45) is 5.14 Å². The molecule has 2 aromatic heterocycles. The van der Waals surface area contributed by atoms with Crippen LogP contribution in [0.3, 0.4) is 0 Å². The minimum Gasteiger partial charge on any atom is -0.236 e. The highest BCUT2D eigenvalue weighted by molar-refractivity contribution is 7.89. The Kier molecular flexibility index (Phi) is 4.20. The fourth-order valence-corrected chi connectivity index (χ4v) is 4.12. The zero-order chi connectivity index (χ0) is 17.5. The summed E-state index contributed by atoms with van der Waals surface area (Å²) in [5.41, 5.74) is 4.05. The summed E-state index contributed by atoms with van der Waals surface area (Å²) in [5.74, 6) is -0.908. The van der Waals surface area contributed by atoms with Crippen molar-refractivity contribution >= 4 is 21.4 Å². The first-order valence-corrected chi connectivity index (χ1v) is 9.42. The Bertz CT molecular complexity index is 1010. The van der Waals surface area contributed by atoms with Crippen molar-refractivity contribution in [2.45, 2.75) is 18.9 Å². The molecule has 3 aromatic rings. The molecule has 0 radical (unpaired) electrons. The summed E-state index contributed by atoms with van der Waals surface area (Å²) in [6.45, 7) is 3.97. The Balaban J connectivity index is 2.17. The monoisotopic (exact) mass is 363 g/mol. The molecule has 0 bridgehead atoms. The molecule has 0 fully saturated rings. The van der Waals surface area contributed by atoms with Crippen molar-refractivity contribution in [3.8, 4) is 21.8 Å². The predicted octanol–water partition coefficient (Wildman–Crippen LogP) is 3.28. The van der Waals surface area contributed by atoms with Crippen LogP contribution in [0.5, 0.6) is 0 Å². The van der Waals surface area contributed by atoms with Gasteiger partial charge in [0.2, 0.25) is 5.95 Å². The van der Waals surface area contributed by atoms with Crippen molar-refractivity contribution in [2.75, 3.05) is 0 Å². The molecule has 124 valence electrons. The lowest BCUT2D eigenvalue weighted by molar-refractivity contribution is 0.558. The number of hydrogen-bond acceptors (Lipinski definition) is 5. The fourth-order valence-electron chi connectivity index (χ4n) is 2.53. The maximum absolute atomic E-state index is 13.3. The molecule has 1 aromatic carbocycles. The van der Waals surface area contributed by atoms with E-state index in [0.29, 0.717) is 5.01 Å². The number of halogens is 1. The molecule has 0 unspecified atom stereocenters. The van der Waals surface area contributed by atoms with Crippen molar-refractivity contribution in [3.63, 3.8) is 0 Å². The van der Waals surface area contributed by atoms with Gasteiger partial charge < -0.3 is 0 Å². The summed E-state index contributed by atoms with van der Waals surface area (Å²) < 4.78 is 36.7. The van der Waals surface area contributed by atoms with E-state index in [9.17, 15) is 12.8 Å². The Morgan fingerprint density at radius 2 is 1.75 bits per heavy atom. The van der Waals surface area contributed by atoms with Gasteiger partial charge in [0.1, 0.15) is 5.01 Å². The molecule has 0 atom stereocenters. The number of sulfonamides is 1. The van der Waals surface area contributed by atoms with Gasteiger partial charge >= 0.3 is 0 Å². The van der Waals surface area contributed by atoms with E-state index in [2.05, 4.69) is 9.97 Å². The number of primary sulfonamides is 1. The first kappa shape index (κ1) is 16.7. The summed E-state index contributed by atoms with van der Waals surface area (Å²) in [5, 5.41) is 6.90. The topological polar surface area (TPSA) is 85.9 Å². The second-order valence-electron chi connectivity index (χ2n) is 5.34. The molecule has 2 heterocycles. The summed E-state index contributed by atoms with van der Waals surface area (Å²) >= 11 is 1.26. The van der Waals surface area contributed by atoms with Gasteiger partial charge in [-0.05, 0) is 37.1 Å². The van der Waals surface area contributed by atoms with E-state index in [4.69, 9.17) is 5.14 Å². The highest BCUT2D eigenvalue weighted by Gasteiger charge is 2.21. The molecule has 0 aliphatic rings. The second kappa shape index (κ2) is 6.04. The molecule has 0 saturated heterocycles. The Hall–Kier alpha value is -2.16. The number of hydrogen-bond donors (Lipinski definition) is 1. The van der Waals surface area contributed by atoms with Gasteiger partial charge in [0.05, 0.1) is 5.69 Å². The van der Waals surface area contributed by atoms with Crippen LogP contribution in [-0.2, 0) is 10.0 Å². The summed E-state index contributed by atoms with van der Waals surface area (Å²) in [7, 11) is -4.16. The number of nitrogens with two attached hydrogens (primary N) is 1. The van der Waals surface area contributed by atoms with E-state index in [-0.39, 0.29) is 5.56 Å². The molecule has 5 nitrogen and oxygen atoms in total. The highest BCUT2D eigenvalue weighted by atomic mass is 32.2. The number of pyridine rings is 1. The quantitative estimate of drug-likeness (QED) is 0.724. The van der Waals surface area contributed by atoms with Gasteiger partial charge in [-0.1, -0.05) is 18.2 Å². The molecule has 8 heteroatoms. The molecule has 0 spiro atoms. The standard InChI is InChI=1S/C16H14FN3O2S2/c1-9-4-3-5-10(2)14(9)12-8-23-15(19-12)11-6-7-13(17)20-16(11)24(18,21)22/h3-8H,1-2H3,(H2,18,21,22). The minimum atomic E-state index is -4.16. The smallest absolute Gasteiger partial charge is 0.236 e. The molecule has 3 rings (SSSR count). The number of thiazole rings is 1. The predicted molar refractivity (Wildman–Crippen MR) is 91.6 cm³/mol. The van der Waals surface area contributed by atoms with Crippen LogP contribution in [0, 0.1) is 19.8 Å². The van der Waals surface area contributed by atoms with Gasteiger partial charge in [-0.3, -0.25) is 0 Å². The van der Waals surface area contributed by atoms with Crippen LogP contribution in [0.15, 0.2) is 40.7 Å². The average Bonchev–Trinajstić information content (AvgIpc) is 2.95. The van der Waals surface area contributed by atoms with Crippen LogP contribution < -0.4 is 5.14 Å². The Morgan fingerprint density at radius 1 is 1.08 bits per heavy atom. The van der Waals surface area contributed by atoms with Gasteiger partial charge in [-0.25, -0.2) is 23.5 Å². The Morgan fingerprint density at radius 3 is 2.38 bits per heavy atom. The Labute approximate surface area is 143 Å². The fraction of sp³-hybridized carbons (Fsp3) is 0.125. The molecule has 0 saturated carbocycles. The number of aromatic nitrogens is 2. The van der Waals surface area contributed by atoms with Crippen LogP contribution >= 0.6 is 11.3 Å². The van der Waals surface area contributed by atoms with Crippen molar-refractivity contribution in [1.82, 2.24) is 9.97 Å². The zero-order valence-corrected chi connectivity index (χ0v) is 14.6. The van der Waals surface area contributed by atoms with E-state index >= 15 is 0 Å². The maximum atomic E-state index is 13.3. The van der Waals surface area contributed by atoms with Gasteiger partial charge in [0, 0.05) is 16.5 Å². The summed E-state index contributed by atoms with van der Waals surface area (Å²) in [6.07, 6.45) is 0. The van der Waals surface area contributed by atoms with Gasteiger partial charge in [0.15, 0.2) is 5.03 Å². The third-order valence-corrected chi connectivity index (χ3v) is 5.29. The number of aryl methyl sites for hydroxylation is 2. The van der Waals surface area contributed by atoms with E-state index in [1.807, 2.05) is 37.4 Å². The van der Waals surface area contributed by atoms with Crippen LogP contribution in [0.2, 0.25) is 0 Å². The van der Waals surface area contributed by atoms with Gasteiger partial charge in [-0.15, -0.1) is 11.3 Å². The largest absolute Gasteiger partial charge is 0.256 e. The molecular weight excluding hydrogens is 349 g/mol. The van der Waals surface area contributed by atoms with E-state index < -0.39 is 21.0 Å². The van der Waals surface area contributed by atoms with E-state index in [1.54, 1.807) is 0 Å². The maximum Gasteiger partial charge on any atom is 0.256 e. The highest BCUT2D eigenvalue weighted by Crippen LogP contribution is 2.34. The molecular formula is C16H14FN3O2S2. The zero-order valence-electron chi connectivity index (χ0n) is 12.9. The SMILES string of the molecule is Cc1cccc(C)c1-c1csc(-c2ccc(F)nc2S(N)(=O)=O)n1. The number of benzene rings is 1. The van der Waals surface area contributed by atoms with Gasteiger partial charge in [-0.2, -0.15) is 4.39 Å². The lowest BCUT2D eigenvalue weighted by Gasteiger charge is -2.07. The number of rotatable bonds is 3. The lowest BCUT2D eigenvalue weighted by atomic mass is 10.0. The molecule has 0 amide bonds. The second-order valence-corrected chi connectivity index (χ2v) is 7.67. The van der Waals surface area contributed by atoms with Crippen LogP contribution in [0.1, 0.15) is 11.1 Å². The summed E-state index contributed by atoms with van der Waals surface area (Å²) in [4.78, 5) is 7.94. The summed E-state index contributed by atoms with van der Waals surface area (Å²) in [6, 6.07) is 8.34. The average molecular weight is 363 g/mol. The third-order valence-electron chi connectivity index (χ3n) is 3.57. The van der Waals surface area contributed by atoms with Crippen molar-refractivity contribution in [1.29, 1.82) is 0 Å². The van der Waals surface area contributed by atoms with E-state index in [1.165, 1.54) is 17.4 Å². The third kappa shape index (κ3) is 3.08. The van der Waals surface area contributed by atoms with E-state index in [0.717, 1.165) is 28.5 Å². The van der Waals surface area contributed by atoms with Crippen molar-refractivity contribution in [3.05, 3.63) is 52.8 Å². The molecule has 2 N–H and O–H groups in total. The number of nitrogens with zero attached hydrogens (tertiary/aromatic N) is 2. The molecule has 0 aliphatic carbocycles. The van der Waals surface area contributed by atoms with Crippen LogP contribution in [0.25, 0.3) is 21.8 Å². The normalized spacial score (nSPS) is 11.7. The first-order chi connectivity index (χ1) is 11.3.